The Hall–Kier alpha value is -1.10. The van der Waals surface area contributed by atoms with Crippen LogP contribution < -0.4 is 38.5 Å². The van der Waals surface area contributed by atoms with E-state index in [1.165, 1.54) is 19.2 Å². The van der Waals surface area contributed by atoms with Gasteiger partial charge in [-0.3, -0.25) is 4.55 Å². The molecule has 0 fully saturated rings. The Bertz CT molecular complexity index is 926. The molecular weight excluding hydrogens is 367 g/mol. The average Bonchev–Trinajstić information content (AvgIpc) is 2.46. The second-order valence-electron chi connectivity index (χ2n) is 4.64. The third-order valence-corrected chi connectivity index (χ3v) is 5.04. The zero-order valence-corrected chi connectivity index (χ0v) is 16.9. The Morgan fingerprint density at radius 3 is 1.96 bits per heavy atom. The normalized spacial score (nSPS) is 11.5. The summed E-state index contributed by atoms with van der Waals surface area (Å²) in [5, 5.41) is 0. The molecule has 24 heavy (non-hydrogen) atoms. The molecule has 2 aromatic rings. The summed E-state index contributed by atoms with van der Waals surface area (Å²) in [4.78, 5) is -0.488. The summed E-state index contributed by atoms with van der Waals surface area (Å²) < 4.78 is 65.5. The average molecular weight is 382 g/mol. The standard InChI is InChI=1S/C14H14O7S2.Na.H/c1-10-3-5-11(6-4-10)23(18,19)21-13-8-7-12(22(15,16)17)9-14(13)20-2;;/h3-9H,1-2H3,(H,15,16,17);;/q;+1;-1. The van der Waals surface area contributed by atoms with Crippen molar-refractivity contribution in [1.82, 2.24) is 0 Å². The first-order chi connectivity index (χ1) is 10.6. The minimum absolute atomic E-state index is 0. The van der Waals surface area contributed by atoms with E-state index in [9.17, 15) is 16.8 Å². The molecule has 0 unspecified atom stereocenters. The Kier molecular flexibility index (Phi) is 6.85. The largest absolute Gasteiger partial charge is 1.00 e. The maximum Gasteiger partial charge on any atom is 1.00 e. The van der Waals surface area contributed by atoms with Crippen molar-refractivity contribution in [3.8, 4) is 11.5 Å². The first kappa shape index (κ1) is 20.9. The van der Waals surface area contributed by atoms with E-state index in [2.05, 4.69) is 0 Å². The molecule has 0 aliphatic carbocycles. The van der Waals surface area contributed by atoms with Crippen LogP contribution in [0, 0.1) is 6.92 Å². The number of hydrogen-bond acceptors (Lipinski definition) is 6. The van der Waals surface area contributed by atoms with Gasteiger partial charge in [0.2, 0.25) is 0 Å². The summed E-state index contributed by atoms with van der Waals surface area (Å²) in [7, 11) is -7.32. The van der Waals surface area contributed by atoms with Gasteiger partial charge >= 0.3 is 39.7 Å². The minimum atomic E-state index is -4.44. The van der Waals surface area contributed by atoms with Gasteiger partial charge in [-0.1, -0.05) is 17.7 Å². The van der Waals surface area contributed by atoms with Gasteiger partial charge in [-0.15, -0.1) is 0 Å². The van der Waals surface area contributed by atoms with Gasteiger partial charge in [-0.25, -0.2) is 0 Å². The number of benzene rings is 2. The molecule has 0 amide bonds. The summed E-state index contributed by atoms with van der Waals surface area (Å²) in [5.41, 5.74) is 0.888. The summed E-state index contributed by atoms with van der Waals surface area (Å²) in [6.45, 7) is 1.81. The van der Waals surface area contributed by atoms with Crippen LogP contribution in [-0.4, -0.2) is 28.5 Å². The molecule has 0 aromatic heterocycles. The Labute approximate surface area is 164 Å². The van der Waals surface area contributed by atoms with Crippen LogP contribution in [0.3, 0.4) is 0 Å². The Morgan fingerprint density at radius 2 is 1.46 bits per heavy atom. The quantitative estimate of drug-likeness (QED) is 0.407. The molecule has 0 heterocycles. The first-order valence-electron chi connectivity index (χ1n) is 6.30. The smallest absolute Gasteiger partial charge is 1.00 e. The molecule has 0 atom stereocenters. The maximum absolute atomic E-state index is 12.2. The van der Waals surface area contributed by atoms with Gasteiger partial charge in [0.1, 0.15) is 4.90 Å². The molecule has 126 valence electrons. The molecule has 0 radical (unpaired) electrons. The predicted octanol–water partition coefficient (Wildman–Crippen LogP) is -0.865. The van der Waals surface area contributed by atoms with Crippen molar-refractivity contribution in [1.29, 1.82) is 0 Å². The van der Waals surface area contributed by atoms with Gasteiger partial charge in [0.05, 0.1) is 12.0 Å². The number of ether oxygens (including phenoxy) is 1. The number of aryl methyl sites for hydroxylation is 1. The van der Waals surface area contributed by atoms with E-state index in [0.717, 1.165) is 23.8 Å². The van der Waals surface area contributed by atoms with Gasteiger partial charge < -0.3 is 10.3 Å². The number of methoxy groups -OCH3 is 1. The van der Waals surface area contributed by atoms with Crippen molar-refractivity contribution in [3.05, 3.63) is 48.0 Å². The van der Waals surface area contributed by atoms with Crippen LogP contribution in [0.15, 0.2) is 52.3 Å². The van der Waals surface area contributed by atoms with Crippen LogP contribution >= 0.6 is 0 Å². The van der Waals surface area contributed by atoms with Crippen LogP contribution in [-0.2, 0) is 20.2 Å². The van der Waals surface area contributed by atoms with Gasteiger partial charge in [0.15, 0.2) is 11.5 Å². The van der Waals surface area contributed by atoms with E-state index < -0.39 is 25.1 Å². The second-order valence-corrected chi connectivity index (χ2v) is 7.61. The molecule has 7 nitrogen and oxygen atoms in total. The fourth-order valence-corrected chi connectivity index (χ4v) is 3.18. The predicted molar refractivity (Wildman–Crippen MR) is 82.9 cm³/mol. The van der Waals surface area contributed by atoms with E-state index in [0.29, 0.717) is 0 Å². The monoisotopic (exact) mass is 382 g/mol. The van der Waals surface area contributed by atoms with E-state index in [4.69, 9.17) is 13.5 Å². The van der Waals surface area contributed by atoms with E-state index >= 15 is 0 Å². The van der Waals surface area contributed by atoms with Crippen molar-refractivity contribution in [2.75, 3.05) is 7.11 Å². The van der Waals surface area contributed by atoms with Gasteiger partial charge in [0, 0.05) is 6.07 Å². The third kappa shape index (κ3) is 4.95. The molecule has 1 N–H and O–H groups in total. The topological polar surface area (TPSA) is 107 Å². The van der Waals surface area contributed by atoms with Crippen molar-refractivity contribution >= 4 is 20.2 Å². The van der Waals surface area contributed by atoms with Crippen molar-refractivity contribution < 1.29 is 61.3 Å². The van der Waals surface area contributed by atoms with Crippen LogP contribution in [0.25, 0.3) is 0 Å². The van der Waals surface area contributed by atoms with Gasteiger partial charge in [-0.2, -0.15) is 16.8 Å². The molecule has 0 aliphatic heterocycles. The molecule has 2 aromatic carbocycles. The Balaban J connectivity index is 0.00000288. The van der Waals surface area contributed by atoms with Gasteiger partial charge in [0.25, 0.3) is 10.1 Å². The van der Waals surface area contributed by atoms with Gasteiger partial charge in [-0.05, 0) is 31.2 Å². The van der Waals surface area contributed by atoms with Crippen LogP contribution in [0.4, 0.5) is 0 Å². The molecule has 0 aliphatic rings. The summed E-state index contributed by atoms with van der Waals surface area (Å²) >= 11 is 0. The number of hydrogen-bond donors (Lipinski definition) is 1. The van der Waals surface area contributed by atoms with Crippen molar-refractivity contribution in [3.63, 3.8) is 0 Å². The fraction of sp³-hybridized carbons (Fsp3) is 0.143. The van der Waals surface area contributed by atoms with E-state index in [1.807, 2.05) is 6.92 Å². The third-order valence-electron chi connectivity index (χ3n) is 2.94. The summed E-state index contributed by atoms with van der Waals surface area (Å²) in [6.07, 6.45) is 0. The summed E-state index contributed by atoms with van der Waals surface area (Å²) in [5.74, 6) is -0.337. The van der Waals surface area contributed by atoms with Crippen LogP contribution in [0.2, 0.25) is 0 Å². The zero-order valence-electron chi connectivity index (χ0n) is 14.3. The van der Waals surface area contributed by atoms with Crippen LogP contribution in [0.5, 0.6) is 11.5 Å². The first-order valence-corrected chi connectivity index (χ1v) is 9.15. The fourth-order valence-electron chi connectivity index (χ4n) is 1.75. The molecule has 10 heteroatoms. The van der Waals surface area contributed by atoms with Crippen molar-refractivity contribution in [2.45, 2.75) is 16.7 Å². The SMILES string of the molecule is COc1cc(S(=O)(=O)O)ccc1OS(=O)(=O)c1ccc(C)cc1.[H-].[Na+]. The van der Waals surface area contributed by atoms with E-state index in [-0.39, 0.29) is 47.4 Å². The van der Waals surface area contributed by atoms with Crippen molar-refractivity contribution in [2.24, 2.45) is 0 Å². The molecule has 0 saturated carbocycles. The molecular formula is C14H15NaO7S2. The number of rotatable bonds is 5. The van der Waals surface area contributed by atoms with E-state index in [1.54, 1.807) is 12.1 Å². The minimum Gasteiger partial charge on any atom is -1.00 e. The summed E-state index contributed by atoms with van der Waals surface area (Å²) in [6, 6.07) is 9.10. The second kappa shape index (κ2) is 7.85. The molecule has 0 bridgehead atoms. The maximum atomic E-state index is 12.2. The molecule has 2 rings (SSSR count). The van der Waals surface area contributed by atoms with Crippen LogP contribution in [0.1, 0.15) is 6.99 Å². The Morgan fingerprint density at radius 1 is 0.917 bits per heavy atom. The molecule has 0 spiro atoms. The zero-order chi connectivity index (χ0) is 17.3. The molecule has 0 saturated heterocycles.